The van der Waals surface area contributed by atoms with Crippen molar-refractivity contribution in [1.29, 1.82) is 0 Å². The average Bonchev–Trinajstić information content (AvgIpc) is 2.66. The summed E-state index contributed by atoms with van der Waals surface area (Å²) in [5.41, 5.74) is -0.761. The van der Waals surface area contributed by atoms with Gasteiger partial charge in [0.15, 0.2) is 5.96 Å². The highest BCUT2D eigenvalue weighted by Crippen LogP contribution is 2.33. The first-order valence-electron chi connectivity index (χ1n) is 9.97. The van der Waals surface area contributed by atoms with Gasteiger partial charge in [0, 0.05) is 38.4 Å². The maximum atomic E-state index is 13.0. The Balaban J connectivity index is 1.83. The molecule has 0 aliphatic carbocycles. The van der Waals surface area contributed by atoms with Gasteiger partial charge in [0.1, 0.15) is 5.82 Å². The smallest absolute Gasteiger partial charge is 0.368 e. The Morgan fingerprint density at radius 3 is 2.68 bits per heavy atom. The largest absolute Gasteiger partial charge is 0.419 e. The summed E-state index contributed by atoms with van der Waals surface area (Å²) in [5.74, 6) is 0.543. The molecule has 2 heterocycles. The SMILES string of the molecule is CCCN1CCC(NC(=NCCNc2ncccc2C(F)(F)F)NCC)CC1. The molecule has 2 rings (SSSR count). The van der Waals surface area contributed by atoms with Crippen molar-refractivity contribution in [3.8, 4) is 0 Å². The number of pyridine rings is 1. The van der Waals surface area contributed by atoms with Gasteiger partial charge >= 0.3 is 6.18 Å². The van der Waals surface area contributed by atoms with E-state index in [1.165, 1.54) is 18.7 Å². The van der Waals surface area contributed by atoms with Crippen LogP contribution >= 0.6 is 0 Å². The zero-order valence-corrected chi connectivity index (χ0v) is 16.6. The Morgan fingerprint density at radius 1 is 1.29 bits per heavy atom. The molecule has 0 radical (unpaired) electrons. The highest BCUT2D eigenvalue weighted by atomic mass is 19.4. The lowest BCUT2D eigenvalue weighted by molar-refractivity contribution is -0.137. The average molecular weight is 400 g/mol. The lowest BCUT2D eigenvalue weighted by Gasteiger charge is -2.32. The zero-order chi connectivity index (χ0) is 20.4. The van der Waals surface area contributed by atoms with Crippen molar-refractivity contribution in [3.63, 3.8) is 0 Å². The van der Waals surface area contributed by atoms with E-state index in [9.17, 15) is 13.2 Å². The molecule has 0 saturated carbocycles. The number of piperidine rings is 1. The maximum Gasteiger partial charge on any atom is 0.419 e. The van der Waals surface area contributed by atoms with E-state index in [0.717, 1.165) is 45.1 Å². The molecule has 1 aromatic heterocycles. The van der Waals surface area contributed by atoms with Gasteiger partial charge in [0.2, 0.25) is 0 Å². The van der Waals surface area contributed by atoms with E-state index in [1.807, 2.05) is 6.92 Å². The fraction of sp³-hybridized carbons (Fsp3) is 0.684. The number of nitrogens with zero attached hydrogens (tertiary/aromatic N) is 3. The minimum absolute atomic E-state index is 0.161. The summed E-state index contributed by atoms with van der Waals surface area (Å²) in [6, 6.07) is 2.67. The third-order valence-electron chi connectivity index (χ3n) is 4.60. The minimum atomic E-state index is -4.43. The van der Waals surface area contributed by atoms with E-state index in [-0.39, 0.29) is 12.4 Å². The molecule has 1 saturated heterocycles. The number of guanidine groups is 1. The predicted molar refractivity (Wildman–Crippen MR) is 107 cm³/mol. The van der Waals surface area contributed by atoms with Gasteiger partial charge in [0.25, 0.3) is 0 Å². The standard InChI is InChI=1S/C19H31F3N6/c1-3-12-28-13-7-15(8-14-28)27-18(23-4-2)26-11-10-25-17-16(19(20,21)22)6-5-9-24-17/h5-6,9,15H,3-4,7-8,10-14H2,1-2H3,(H,24,25)(H2,23,26,27). The number of hydrogen-bond donors (Lipinski definition) is 3. The van der Waals surface area contributed by atoms with Crippen LogP contribution in [0.5, 0.6) is 0 Å². The molecule has 1 aromatic rings. The van der Waals surface area contributed by atoms with Crippen LogP contribution in [-0.2, 0) is 6.18 Å². The summed E-state index contributed by atoms with van der Waals surface area (Å²) in [6.07, 6.45) is 0.207. The Bertz CT molecular complexity index is 612. The van der Waals surface area contributed by atoms with Crippen LogP contribution in [0.2, 0.25) is 0 Å². The minimum Gasteiger partial charge on any atom is -0.368 e. The van der Waals surface area contributed by atoms with Crippen LogP contribution in [0.4, 0.5) is 19.0 Å². The molecule has 0 bridgehead atoms. The summed E-state index contributed by atoms with van der Waals surface area (Å²) >= 11 is 0. The molecule has 1 fully saturated rings. The summed E-state index contributed by atoms with van der Waals surface area (Å²) in [7, 11) is 0. The molecule has 9 heteroatoms. The highest BCUT2D eigenvalue weighted by Gasteiger charge is 2.33. The fourth-order valence-electron chi connectivity index (χ4n) is 3.25. The van der Waals surface area contributed by atoms with Gasteiger partial charge in [0.05, 0.1) is 12.1 Å². The van der Waals surface area contributed by atoms with Crippen LogP contribution in [-0.4, -0.2) is 61.2 Å². The number of halogens is 3. The van der Waals surface area contributed by atoms with Crippen molar-refractivity contribution in [2.75, 3.05) is 44.6 Å². The van der Waals surface area contributed by atoms with E-state index in [1.54, 1.807) is 0 Å². The van der Waals surface area contributed by atoms with Crippen molar-refractivity contribution < 1.29 is 13.2 Å². The van der Waals surface area contributed by atoms with Gasteiger partial charge < -0.3 is 20.9 Å². The Morgan fingerprint density at radius 2 is 2.04 bits per heavy atom. The number of aromatic nitrogens is 1. The van der Waals surface area contributed by atoms with Gasteiger partial charge in [-0.05, 0) is 44.9 Å². The summed E-state index contributed by atoms with van der Waals surface area (Å²) in [4.78, 5) is 10.7. The quantitative estimate of drug-likeness (QED) is 0.356. The maximum absolute atomic E-state index is 13.0. The second-order valence-electron chi connectivity index (χ2n) is 6.85. The number of rotatable bonds is 8. The number of aliphatic imine (C=N–C) groups is 1. The molecule has 0 aromatic carbocycles. The molecular weight excluding hydrogens is 369 g/mol. The Hall–Kier alpha value is -2.03. The van der Waals surface area contributed by atoms with E-state index in [4.69, 9.17) is 0 Å². The molecule has 0 spiro atoms. The number of hydrogen-bond acceptors (Lipinski definition) is 4. The van der Waals surface area contributed by atoms with Crippen molar-refractivity contribution in [1.82, 2.24) is 20.5 Å². The van der Waals surface area contributed by atoms with Crippen LogP contribution in [0, 0.1) is 0 Å². The molecule has 0 atom stereocenters. The molecule has 3 N–H and O–H groups in total. The van der Waals surface area contributed by atoms with Crippen molar-refractivity contribution in [3.05, 3.63) is 23.9 Å². The Kier molecular flexibility index (Phi) is 8.82. The van der Waals surface area contributed by atoms with Crippen LogP contribution < -0.4 is 16.0 Å². The van der Waals surface area contributed by atoms with E-state index < -0.39 is 11.7 Å². The molecule has 0 unspecified atom stereocenters. The number of nitrogens with one attached hydrogen (secondary N) is 3. The summed E-state index contributed by atoms with van der Waals surface area (Å²) in [6.45, 7) is 8.81. The van der Waals surface area contributed by atoms with Crippen LogP contribution in [0.1, 0.15) is 38.7 Å². The monoisotopic (exact) mass is 400 g/mol. The normalized spacial score (nSPS) is 16.8. The molecule has 28 heavy (non-hydrogen) atoms. The topological polar surface area (TPSA) is 64.6 Å². The van der Waals surface area contributed by atoms with Crippen LogP contribution in [0.15, 0.2) is 23.3 Å². The highest BCUT2D eigenvalue weighted by molar-refractivity contribution is 5.80. The van der Waals surface area contributed by atoms with Gasteiger partial charge in [-0.25, -0.2) is 4.98 Å². The zero-order valence-electron chi connectivity index (χ0n) is 16.6. The van der Waals surface area contributed by atoms with Gasteiger partial charge in [-0.2, -0.15) is 13.2 Å². The number of likely N-dealkylation sites (tertiary alicyclic amines) is 1. The summed E-state index contributed by atoms with van der Waals surface area (Å²) in [5, 5.41) is 9.39. The third-order valence-corrected chi connectivity index (χ3v) is 4.60. The second-order valence-corrected chi connectivity index (χ2v) is 6.85. The van der Waals surface area contributed by atoms with Gasteiger partial charge in [-0.15, -0.1) is 0 Å². The first-order valence-corrected chi connectivity index (χ1v) is 9.97. The van der Waals surface area contributed by atoms with E-state index in [2.05, 4.69) is 37.8 Å². The molecule has 0 amide bonds. The first-order chi connectivity index (χ1) is 13.4. The Labute approximate surface area is 165 Å². The van der Waals surface area contributed by atoms with E-state index >= 15 is 0 Å². The number of alkyl halides is 3. The molecule has 1 aliphatic rings. The van der Waals surface area contributed by atoms with Crippen molar-refractivity contribution in [2.24, 2.45) is 4.99 Å². The van der Waals surface area contributed by atoms with Crippen LogP contribution in [0.3, 0.4) is 0 Å². The molecule has 6 nitrogen and oxygen atoms in total. The third kappa shape index (κ3) is 7.18. The molecule has 158 valence electrons. The second kappa shape index (κ2) is 11.1. The fourth-order valence-corrected chi connectivity index (χ4v) is 3.25. The number of anilines is 1. The predicted octanol–water partition coefficient (Wildman–Crippen LogP) is 2.94. The molecule has 1 aliphatic heterocycles. The van der Waals surface area contributed by atoms with Gasteiger partial charge in [-0.3, -0.25) is 4.99 Å². The lowest BCUT2D eigenvalue weighted by atomic mass is 10.1. The first kappa shape index (κ1) is 22.3. The summed E-state index contributed by atoms with van der Waals surface area (Å²) < 4.78 is 39.0. The van der Waals surface area contributed by atoms with Crippen molar-refractivity contribution in [2.45, 2.75) is 45.3 Å². The van der Waals surface area contributed by atoms with Crippen LogP contribution in [0.25, 0.3) is 0 Å². The van der Waals surface area contributed by atoms with Gasteiger partial charge in [-0.1, -0.05) is 6.92 Å². The molecular formula is C19H31F3N6. The van der Waals surface area contributed by atoms with E-state index in [0.29, 0.717) is 18.5 Å². The van der Waals surface area contributed by atoms with Crippen molar-refractivity contribution >= 4 is 11.8 Å². The lowest BCUT2D eigenvalue weighted by Crippen LogP contribution is -2.48.